The molecule has 0 amide bonds. The van der Waals surface area contributed by atoms with E-state index in [1.54, 1.807) is 13.0 Å². The van der Waals surface area contributed by atoms with Crippen LogP contribution in [0.5, 0.6) is 0 Å². The van der Waals surface area contributed by atoms with Gasteiger partial charge in [0, 0.05) is 13.0 Å². The molecule has 1 aliphatic rings. The van der Waals surface area contributed by atoms with Crippen LogP contribution in [0.15, 0.2) is 65.6 Å². The van der Waals surface area contributed by atoms with E-state index >= 15 is 0 Å². The van der Waals surface area contributed by atoms with E-state index in [4.69, 9.17) is 10.5 Å². The van der Waals surface area contributed by atoms with Crippen LogP contribution < -0.4 is 5.73 Å². The van der Waals surface area contributed by atoms with Gasteiger partial charge in [0.25, 0.3) is 0 Å². The first-order valence-corrected chi connectivity index (χ1v) is 13.7. The maximum atomic E-state index is 13.4. The van der Waals surface area contributed by atoms with E-state index < -0.39 is 56.6 Å². The molecule has 3 aromatic rings. The Morgan fingerprint density at radius 3 is 2.17 bits per heavy atom. The minimum absolute atomic E-state index is 0.0151. The number of hydrogen-bond donors (Lipinski definition) is 1. The summed E-state index contributed by atoms with van der Waals surface area (Å²) >= 11 is 0. The SMILES string of the molecule is CC1CCN(S(=O)(=O)c2cc(C(F)(F)F)cc(C(F)(F)F)c2)C(OC(=O)[C@@H](N)Cc2ccc3ccccc3c2)C1. The zero-order valence-corrected chi connectivity index (χ0v) is 22.0. The predicted molar refractivity (Wildman–Crippen MR) is 134 cm³/mol. The minimum atomic E-state index is -5.23. The molecule has 2 unspecified atom stereocenters. The summed E-state index contributed by atoms with van der Waals surface area (Å²) in [6.07, 6.45) is -11.6. The third kappa shape index (κ3) is 6.58. The highest BCUT2D eigenvalue weighted by molar-refractivity contribution is 7.89. The van der Waals surface area contributed by atoms with Gasteiger partial charge in [-0.15, -0.1) is 0 Å². The van der Waals surface area contributed by atoms with Crippen LogP contribution in [0.1, 0.15) is 36.5 Å². The molecule has 6 nitrogen and oxygen atoms in total. The number of hydrogen-bond acceptors (Lipinski definition) is 5. The van der Waals surface area contributed by atoms with Gasteiger partial charge < -0.3 is 10.5 Å². The van der Waals surface area contributed by atoms with Crippen LogP contribution in [0.4, 0.5) is 26.3 Å². The summed E-state index contributed by atoms with van der Waals surface area (Å²) in [5, 5.41) is 1.89. The predicted octanol–water partition coefficient (Wildman–Crippen LogP) is 5.74. The Hall–Kier alpha value is -3.16. The number of nitrogens with two attached hydrogens (primary N) is 1. The number of benzene rings is 3. The number of sulfonamides is 1. The third-order valence-electron chi connectivity index (χ3n) is 6.76. The maximum absolute atomic E-state index is 13.4. The molecule has 3 atom stereocenters. The van der Waals surface area contributed by atoms with Crippen LogP contribution >= 0.6 is 0 Å². The molecule has 0 aliphatic carbocycles. The van der Waals surface area contributed by atoms with Crippen molar-refractivity contribution in [3.63, 3.8) is 0 Å². The molecule has 0 bridgehead atoms. The molecule has 0 aromatic heterocycles. The number of halogens is 6. The van der Waals surface area contributed by atoms with Gasteiger partial charge in [0.2, 0.25) is 10.0 Å². The number of ether oxygens (including phenoxy) is 1. The number of carbonyl (C=O) groups excluding carboxylic acids is 1. The van der Waals surface area contributed by atoms with E-state index in [1.165, 1.54) is 0 Å². The highest BCUT2D eigenvalue weighted by atomic mass is 32.2. The van der Waals surface area contributed by atoms with E-state index in [1.807, 2.05) is 36.4 Å². The lowest BCUT2D eigenvalue weighted by Crippen LogP contribution is -2.50. The topological polar surface area (TPSA) is 89.7 Å². The summed E-state index contributed by atoms with van der Waals surface area (Å²) in [4.78, 5) is 11.7. The molecule has 216 valence electrons. The first kappa shape index (κ1) is 29.8. The fourth-order valence-electron chi connectivity index (χ4n) is 4.59. The van der Waals surface area contributed by atoms with Crippen molar-refractivity contribution in [2.24, 2.45) is 11.7 Å². The molecule has 0 radical (unpaired) electrons. The first-order chi connectivity index (χ1) is 18.6. The molecule has 40 heavy (non-hydrogen) atoms. The van der Waals surface area contributed by atoms with E-state index in [9.17, 15) is 39.6 Å². The fourth-order valence-corrected chi connectivity index (χ4v) is 6.20. The van der Waals surface area contributed by atoms with Gasteiger partial charge in [-0.2, -0.15) is 30.6 Å². The molecular formula is C27H26F6N2O4S. The third-order valence-corrected chi connectivity index (χ3v) is 8.63. The smallest absolute Gasteiger partial charge is 0.416 e. The van der Waals surface area contributed by atoms with Gasteiger partial charge in [-0.25, -0.2) is 8.42 Å². The van der Waals surface area contributed by atoms with Gasteiger partial charge in [-0.05, 0) is 53.3 Å². The average molecular weight is 589 g/mol. The van der Waals surface area contributed by atoms with E-state index in [0.29, 0.717) is 9.87 Å². The molecule has 1 saturated heterocycles. The van der Waals surface area contributed by atoms with Crippen LogP contribution in [-0.4, -0.2) is 37.5 Å². The molecule has 1 heterocycles. The number of carbonyl (C=O) groups is 1. The summed E-state index contributed by atoms with van der Waals surface area (Å²) in [6.45, 7) is 1.48. The van der Waals surface area contributed by atoms with Crippen LogP contribution in [-0.2, 0) is 38.3 Å². The van der Waals surface area contributed by atoms with Crippen LogP contribution in [0.3, 0.4) is 0 Å². The van der Waals surface area contributed by atoms with Crippen molar-refractivity contribution < 1.29 is 44.3 Å². The largest absolute Gasteiger partial charge is 0.444 e. The standard InChI is InChI=1S/C27H26F6N2O4S/c1-16-8-9-35(40(37,38)22-14-20(26(28,29)30)13-21(15-22)27(31,32)33)24(10-16)39-25(36)23(34)12-17-6-7-18-4-2-3-5-19(18)11-17/h2-7,11,13-16,23-24H,8-10,12,34H2,1H3/t16?,23-,24?/m0/s1. The molecular weight excluding hydrogens is 562 g/mol. The Morgan fingerprint density at radius 2 is 1.57 bits per heavy atom. The molecule has 13 heteroatoms. The number of nitrogens with zero attached hydrogens (tertiary/aromatic N) is 1. The van der Waals surface area contributed by atoms with E-state index in [0.717, 1.165) is 10.8 Å². The minimum Gasteiger partial charge on any atom is -0.444 e. The Bertz CT molecular complexity index is 1470. The van der Waals surface area contributed by atoms with Crippen LogP contribution in [0.2, 0.25) is 0 Å². The van der Waals surface area contributed by atoms with Crippen molar-refractivity contribution >= 4 is 26.8 Å². The quantitative estimate of drug-likeness (QED) is 0.293. The molecule has 1 aliphatic heterocycles. The Balaban J connectivity index is 1.59. The van der Waals surface area contributed by atoms with E-state index in [2.05, 4.69) is 0 Å². The molecule has 0 saturated carbocycles. The van der Waals surface area contributed by atoms with Crippen molar-refractivity contribution in [2.75, 3.05) is 6.54 Å². The van der Waals surface area contributed by atoms with E-state index in [-0.39, 0.29) is 49.9 Å². The normalized spacial score (nSPS) is 19.9. The van der Waals surface area contributed by atoms with Crippen molar-refractivity contribution in [3.05, 3.63) is 77.4 Å². The lowest BCUT2D eigenvalue weighted by atomic mass is 9.99. The van der Waals surface area contributed by atoms with Gasteiger partial charge in [-0.3, -0.25) is 4.79 Å². The van der Waals surface area contributed by atoms with Crippen LogP contribution in [0.25, 0.3) is 10.8 Å². The maximum Gasteiger partial charge on any atom is 0.416 e. The zero-order chi connectivity index (χ0) is 29.5. The Morgan fingerprint density at radius 1 is 0.975 bits per heavy atom. The Labute approximate surface area is 226 Å². The van der Waals surface area contributed by atoms with Gasteiger partial charge in [-0.1, -0.05) is 49.4 Å². The lowest BCUT2D eigenvalue weighted by molar-refractivity contribution is -0.159. The summed E-state index contributed by atoms with van der Waals surface area (Å²) in [7, 11) is -4.94. The number of piperidine rings is 1. The highest BCUT2D eigenvalue weighted by Gasteiger charge is 2.42. The number of rotatable bonds is 6. The molecule has 1 fully saturated rings. The second-order valence-electron chi connectivity index (χ2n) is 9.87. The average Bonchev–Trinajstić information content (AvgIpc) is 2.87. The second-order valence-corrected chi connectivity index (χ2v) is 11.8. The number of fused-ring (bicyclic) bond motifs is 1. The lowest BCUT2D eigenvalue weighted by Gasteiger charge is -2.37. The molecule has 0 spiro atoms. The number of alkyl halides is 6. The second kappa shape index (κ2) is 11.0. The number of esters is 1. The summed E-state index contributed by atoms with van der Waals surface area (Å²) in [6, 6.07) is 11.9. The highest BCUT2D eigenvalue weighted by Crippen LogP contribution is 2.39. The summed E-state index contributed by atoms with van der Waals surface area (Å²) in [5.41, 5.74) is 3.24. The van der Waals surface area contributed by atoms with Crippen molar-refractivity contribution in [1.29, 1.82) is 0 Å². The van der Waals surface area contributed by atoms with Gasteiger partial charge in [0.1, 0.15) is 6.04 Å². The molecule has 3 aromatic carbocycles. The monoisotopic (exact) mass is 588 g/mol. The zero-order valence-electron chi connectivity index (χ0n) is 21.2. The van der Waals surface area contributed by atoms with Crippen molar-refractivity contribution in [2.45, 2.75) is 55.7 Å². The fraction of sp³-hybridized carbons (Fsp3) is 0.370. The summed E-state index contributed by atoms with van der Waals surface area (Å²) in [5.74, 6) is -1.10. The van der Waals surface area contributed by atoms with Crippen molar-refractivity contribution in [1.82, 2.24) is 4.31 Å². The van der Waals surface area contributed by atoms with Crippen LogP contribution in [0, 0.1) is 5.92 Å². The molecule has 4 rings (SSSR count). The van der Waals surface area contributed by atoms with Crippen molar-refractivity contribution in [3.8, 4) is 0 Å². The molecule has 2 N–H and O–H groups in total. The Kier molecular flexibility index (Phi) is 8.21. The van der Waals surface area contributed by atoms with Gasteiger partial charge >= 0.3 is 18.3 Å². The van der Waals surface area contributed by atoms with Gasteiger partial charge in [0.15, 0.2) is 6.23 Å². The van der Waals surface area contributed by atoms with Gasteiger partial charge in [0.05, 0.1) is 16.0 Å². The summed E-state index contributed by atoms with van der Waals surface area (Å²) < 4.78 is 113. The first-order valence-electron chi connectivity index (χ1n) is 12.3.